The number of carboxylic acid groups (broad SMARTS) is 1. The maximum atomic E-state index is 11.7. The summed E-state index contributed by atoms with van der Waals surface area (Å²) in [6.07, 6.45) is 4.04. The third kappa shape index (κ3) is 1.58. The van der Waals surface area contributed by atoms with Gasteiger partial charge in [-0.2, -0.15) is 0 Å². The van der Waals surface area contributed by atoms with Crippen LogP contribution in [0.25, 0.3) is 0 Å². The Morgan fingerprint density at radius 1 is 1.14 bits per heavy atom. The number of rotatable bonds is 4. The maximum Gasteiger partial charge on any atom is 0.331 e. The van der Waals surface area contributed by atoms with Gasteiger partial charge in [0.2, 0.25) is 0 Å². The number of hydrogen-bond donors (Lipinski definition) is 1. The zero-order valence-corrected chi connectivity index (χ0v) is 11.6. The van der Waals surface area contributed by atoms with E-state index in [0.29, 0.717) is 18.7 Å². The number of carboxylic acids is 1. The Labute approximate surface area is 121 Å². The van der Waals surface area contributed by atoms with Crippen LogP contribution >= 0.6 is 0 Å². The molecule has 2 saturated carbocycles. The summed E-state index contributed by atoms with van der Waals surface area (Å²) in [5.74, 6) is -0.123. The van der Waals surface area contributed by atoms with E-state index >= 15 is 0 Å². The van der Waals surface area contributed by atoms with Gasteiger partial charge in [-0.15, -0.1) is 5.10 Å². The highest BCUT2D eigenvalue weighted by molar-refractivity contribution is 5.78. The van der Waals surface area contributed by atoms with Gasteiger partial charge in [-0.3, -0.25) is 0 Å². The summed E-state index contributed by atoms with van der Waals surface area (Å²) in [6.45, 7) is 0. The first-order chi connectivity index (χ1) is 10.2. The molecule has 0 saturated heterocycles. The lowest BCUT2D eigenvalue weighted by molar-refractivity contribution is -0.153. The molecule has 1 heterocycles. The van der Waals surface area contributed by atoms with Crippen LogP contribution < -0.4 is 0 Å². The molecule has 2 aliphatic carbocycles. The second-order valence-corrected chi connectivity index (χ2v) is 6.05. The molecule has 6 heteroatoms. The first-order valence-corrected chi connectivity index (χ1v) is 7.27. The number of hydrogen-bond acceptors (Lipinski definition) is 4. The summed E-state index contributed by atoms with van der Waals surface area (Å²) in [4.78, 5) is 11.7. The normalized spacial score (nSPS) is 21.5. The zero-order valence-electron chi connectivity index (χ0n) is 11.6. The van der Waals surface area contributed by atoms with Gasteiger partial charge in [0.1, 0.15) is 0 Å². The predicted molar refractivity (Wildman–Crippen MR) is 73.7 cm³/mol. The van der Waals surface area contributed by atoms with E-state index in [9.17, 15) is 9.90 Å². The van der Waals surface area contributed by atoms with E-state index in [0.717, 1.165) is 19.3 Å². The minimum Gasteiger partial charge on any atom is -0.479 e. The average molecular weight is 284 g/mol. The highest BCUT2D eigenvalue weighted by atomic mass is 16.4. The van der Waals surface area contributed by atoms with Gasteiger partial charge in [-0.1, -0.05) is 30.3 Å². The van der Waals surface area contributed by atoms with E-state index in [-0.39, 0.29) is 5.41 Å². The molecule has 1 aromatic carbocycles. The summed E-state index contributed by atoms with van der Waals surface area (Å²) >= 11 is 0. The standard InChI is InChI=1S/C15H16N4O2/c20-13(21)15(7-4-8-15)19-12(16-17-18-19)14(9-10-14)11-5-2-1-3-6-11/h1-3,5-6H,4,7-10H2,(H,20,21). The fourth-order valence-corrected chi connectivity index (χ4v) is 3.33. The van der Waals surface area contributed by atoms with Crippen LogP contribution in [0.1, 0.15) is 43.5 Å². The van der Waals surface area contributed by atoms with Crippen LogP contribution in [0.4, 0.5) is 0 Å². The van der Waals surface area contributed by atoms with Crippen LogP contribution in [0.5, 0.6) is 0 Å². The minimum absolute atomic E-state index is 0.206. The number of tetrazole rings is 1. The molecule has 108 valence electrons. The van der Waals surface area contributed by atoms with Crippen molar-refractivity contribution in [2.24, 2.45) is 0 Å². The maximum absolute atomic E-state index is 11.7. The minimum atomic E-state index is -0.941. The Hall–Kier alpha value is -2.24. The first kappa shape index (κ1) is 12.5. The lowest BCUT2D eigenvalue weighted by Crippen LogP contribution is -2.50. The van der Waals surface area contributed by atoms with E-state index in [1.54, 1.807) is 4.68 Å². The van der Waals surface area contributed by atoms with Crippen LogP contribution in [0.15, 0.2) is 30.3 Å². The molecule has 4 rings (SSSR count). The molecular weight excluding hydrogens is 268 g/mol. The van der Waals surface area contributed by atoms with E-state index in [2.05, 4.69) is 27.7 Å². The van der Waals surface area contributed by atoms with Gasteiger partial charge in [-0.25, -0.2) is 9.48 Å². The summed E-state index contributed by atoms with van der Waals surface area (Å²) in [7, 11) is 0. The monoisotopic (exact) mass is 284 g/mol. The Kier molecular flexibility index (Phi) is 2.46. The van der Waals surface area contributed by atoms with Crippen molar-refractivity contribution in [1.29, 1.82) is 0 Å². The molecule has 0 atom stereocenters. The zero-order chi connectivity index (χ0) is 14.5. The lowest BCUT2D eigenvalue weighted by atomic mass is 9.76. The number of aliphatic carboxylic acids is 1. The fourth-order valence-electron chi connectivity index (χ4n) is 3.33. The number of aromatic nitrogens is 4. The van der Waals surface area contributed by atoms with E-state index in [4.69, 9.17) is 0 Å². The SMILES string of the molecule is O=C(O)C1(n2nnnc2C2(c3ccccc3)CC2)CCC1. The molecule has 2 fully saturated rings. The Bertz CT molecular complexity index is 687. The van der Waals surface area contributed by atoms with Crippen molar-refractivity contribution in [3.63, 3.8) is 0 Å². The number of benzene rings is 1. The van der Waals surface area contributed by atoms with Gasteiger partial charge in [-0.05, 0) is 48.1 Å². The third-order valence-electron chi connectivity index (χ3n) is 4.96. The van der Waals surface area contributed by atoms with Crippen molar-refractivity contribution in [3.8, 4) is 0 Å². The molecule has 1 N–H and O–H groups in total. The number of nitrogens with zero attached hydrogens (tertiary/aromatic N) is 4. The van der Waals surface area contributed by atoms with E-state index in [1.807, 2.05) is 18.2 Å². The summed E-state index contributed by atoms with van der Waals surface area (Å²) in [6, 6.07) is 10.1. The summed E-state index contributed by atoms with van der Waals surface area (Å²) in [5, 5.41) is 21.6. The predicted octanol–water partition coefficient (Wildman–Crippen LogP) is 1.72. The molecule has 0 unspecified atom stereocenters. The molecule has 6 nitrogen and oxygen atoms in total. The fraction of sp³-hybridized carbons (Fsp3) is 0.467. The highest BCUT2D eigenvalue weighted by Crippen LogP contribution is 2.54. The lowest BCUT2D eigenvalue weighted by Gasteiger charge is -2.38. The topological polar surface area (TPSA) is 80.9 Å². The van der Waals surface area contributed by atoms with Crippen LogP contribution in [0.2, 0.25) is 0 Å². The molecule has 21 heavy (non-hydrogen) atoms. The summed E-state index contributed by atoms with van der Waals surface area (Å²) < 4.78 is 1.58. The smallest absolute Gasteiger partial charge is 0.331 e. The Morgan fingerprint density at radius 2 is 1.86 bits per heavy atom. The van der Waals surface area contributed by atoms with Crippen molar-refractivity contribution in [3.05, 3.63) is 41.7 Å². The van der Waals surface area contributed by atoms with Crippen molar-refractivity contribution in [2.75, 3.05) is 0 Å². The second kappa shape index (κ2) is 4.13. The molecule has 2 aliphatic rings. The van der Waals surface area contributed by atoms with Crippen molar-refractivity contribution < 1.29 is 9.90 Å². The van der Waals surface area contributed by atoms with Crippen LogP contribution in [0, 0.1) is 0 Å². The molecule has 0 bridgehead atoms. The van der Waals surface area contributed by atoms with E-state index in [1.165, 1.54) is 5.56 Å². The van der Waals surface area contributed by atoms with Gasteiger partial charge in [0.15, 0.2) is 11.4 Å². The van der Waals surface area contributed by atoms with Crippen LogP contribution in [0.3, 0.4) is 0 Å². The Morgan fingerprint density at radius 3 is 2.38 bits per heavy atom. The third-order valence-corrected chi connectivity index (χ3v) is 4.96. The molecule has 2 aromatic rings. The van der Waals surface area contributed by atoms with Crippen molar-refractivity contribution in [1.82, 2.24) is 20.2 Å². The average Bonchev–Trinajstić information content (AvgIpc) is 3.11. The van der Waals surface area contributed by atoms with Gasteiger partial charge >= 0.3 is 5.97 Å². The summed E-state index contributed by atoms with van der Waals surface area (Å²) in [5.41, 5.74) is 0.0207. The molecule has 1 aromatic heterocycles. The molecule has 0 aliphatic heterocycles. The highest BCUT2D eigenvalue weighted by Gasteiger charge is 2.56. The molecule has 0 radical (unpaired) electrons. The largest absolute Gasteiger partial charge is 0.479 e. The van der Waals surface area contributed by atoms with Crippen LogP contribution in [-0.4, -0.2) is 31.3 Å². The van der Waals surface area contributed by atoms with Crippen molar-refractivity contribution in [2.45, 2.75) is 43.1 Å². The van der Waals surface area contributed by atoms with Crippen molar-refractivity contribution >= 4 is 5.97 Å². The van der Waals surface area contributed by atoms with E-state index < -0.39 is 11.5 Å². The molecule has 0 spiro atoms. The first-order valence-electron chi connectivity index (χ1n) is 7.27. The van der Waals surface area contributed by atoms with Gasteiger partial charge in [0.05, 0.1) is 5.41 Å². The quantitative estimate of drug-likeness (QED) is 0.924. The van der Waals surface area contributed by atoms with Gasteiger partial charge in [0, 0.05) is 0 Å². The van der Waals surface area contributed by atoms with Gasteiger partial charge in [0.25, 0.3) is 0 Å². The second-order valence-electron chi connectivity index (χ2n) is 6.05. The van der Waals surface area contributed by atoms with Gasteiger partial charge < -0.3 is 5.11 Å². The molecule has 0 amide bonds. The number of carbonyl (C=O) groups is 1. The molecular formula is C15H16N4O2. The Balaban J connectivity index is 1.82. The van der Waals surface area contributed by atoms with Crippen LogP contribution in [-0.2, 0) is 15.7 Å².